The van der Waals surface area contributed by atoms with Gasteiger partial charge in [-0.3, -0.25) is 9.80 Å². The summed E-state index contributed by atoms with van der Waals surface area (Å²) in [5.41, 5.74) is 2.68. The van der Waals surface area contributed by atoms with E-state index in [1.54, 1.807) is 12.1 Å². The number of benzene rings is 1. The van der Waals surface area contributed by atoms with E-state index in [2.05, 4.69) is 14.7 Å². The Morgan fingerprint density at radius 2 is 1.63 bits per heavy atom. The first-order valence-electron chi connectivity index (χ1n) is 13.1. The number of anilines is 1. The SMILES string of the molecule is Fc1ccc(CN2CCCN(c3nc(CN4CCOCC4)nc4sc5c(c34)CCCC5)CC2)cc1. The van der Waals surface area contributed by atoms with Crippen LogP contribution in [0.5, 0.6) is 0 Å². The molecule has 1 aliphatic carbocycles. The number of aromatic nitrogens is 2. The fourth-order valence-electron chi connectivity index (χ4n) is 5.63. The van der Waals surface area contributed by atoms with Gasteiger partial charge in [-0.1, -0.05) is 12.1 Å². The number of ether oxygens (including phenoxy) is 1. The van der Waals surface area contributed by atoms with Crippen LogP contribution in [0.25, 0.3) is 10.2 Å². The van der Waals surface area contributed by atoms with Gasteiger partial charge in [0.05, 0.1) is 25.1 Å². The summed E-state index contributed by atoms with van der Waals surface area (Å²) in [6.07, 6.45) is 5.97. The smallest absolute Gasteiger partial charge is 0.146 e. The first-order valence-corrected chi connectivity index (χ1v) is 13.9. The highest BCUT2D eigenvalue weighted by molar-refractivity contribution is 7.19. The van der Waals surface area contributed by atoms with Gasteiger partial charge in [0.1, 0.15) is 22.3 Å². The minimum absolute atomic E-state index is 0.171. The van der Waals surface area contributed by atoms with Gasteiger partial charge in [-0.2, -0.15) is 0 Å². The summed E-state index contributed by atoms with van der Waals surface area (Å²) in [4.78, 5) is 20.4. The van der Waals surface area contributed by atoms with Crippen molar-refractivity contribution in [1.29, 1.82) is 0 Å². The Balaban J connectivity index is 1.27. The Morgan fingerprint density at radius 3 is 2.49 bits per heavy atom. The van der Waals surface area contributed by atoms with Crippen LogP contribution < -0.4 is 4.90 Å². The summed E-state index contributed by atoms with van der Waals surface area (Å²) in [5.74, 6) is 1.93. The van der Waals surface area contributed by atoms with Crippen LogP contribution in [0.15, 0.2) is 24.3 Å². The van der Waals surface area contributed by atoms with Crippen LogP contribution >= 0.6 is 11.3 Å². The van der Waals surface area contributed by atoms with E-state index in [-0.39, 0.29) is 5.82 Å². The van der Waals surface area contributed by atoms with E-state index in [9.17, 15) is 4.39 Å². The first-order chi connectivity index (χ1) is 17.2. The third kappa shape index (κ3) is 5.21. The number of aryl methyl sites for hydroxylation is 2. The van der Waals surface area contributed by atoms with Crippen molar-refractivity contribution in [1.82, 2.24) is 19.8 Å². The molecule has 35 heavy (non-hydrogen) atoms. The Morgan fingerprint density at radius 1 is 0.829 bits per heavy atom. The number of rotatable bonds is 5. The Hall–Kier alpha value is -2.13. The van der Waals surface area contributed by atoms with Crippen LogP contribution in [-0.4, -0.2) is 72.3 Å². The molecule has 0 amide bonds. The van der Waals surface area contributed by atoms with Crippen molar-refractivity contribution in [3.05, 3.63) is 51.9 Å². The van der Waals surface area contributed by atoms with E-state index in [4.69, 9.17) is 14.7 Å². The monoisotopic (exact) mass is 495 g/mol. The quantitative estimate of drug-likeness (QED) is 0.527. The molecule has 0 radical (unpaired) electrons. The van der Waals surface area contributed by atoms with E-state index in [1.165, 1.54) is 45.5 Å². The van der Waals surface area contributed by atoms with Gasteiger partial charge in [0.2, 0.25) is 0 Å². The van der Waals surface area contributed by atoms with Crippen molar-refractivity contribution < 1.29 is 9.13 Å². The summed E-state index contributed by atoms with van der Waals surface area (Å²) >= 11 is 1.90. The van der Waals surface area contributed by atoms with Gasteiger partial charge < -0.3 is 9.64 Å². The van der Waals surface area contributed by atoms with Gasteiger partial charge in [0.25, 0.3) is 0 Å². The highest BCUT2D eigenvalue weighted by atomic mass is 32.1. The number of morpholine rings is 1. The molecular weight excluding hydrogens is 461 g/mol. The van der Waals surface area contributed by atoms with Gasteiger partial charge in [0, 0.05) is 50.7 Å². The van der Waals surface area contributed by atoms with Gasteiger partial charge in [0.15, 0.2) is 0 Å². The van der Waals surface area contributed by atoms with E-state index in [0.717, 1.165) is 90.1 Å². The molecule has 6 rings (SSSR count). The molecule has 0 saturated carbocycles. The van der Waals surface area contributed by atoms with Crippen LogP contribution in [0.4, 0.5) is 10.2 Å². The minimum Gasteiger partial charge on any atom is -0.379 e. The van der Waals surface area contributed by atoms with Crippen molar-refractivity contribution in [2.75, 3.05) is 57.4 Å². The maximum Gasteiger partial charge on any atom is 0.146 e. The van der Waals surface area contributed by atoms with E-state index < -0.39 is 0 Å². The predicted molar refractivity (Wildman–Crippen MR) is 139 cm³/mol. The predicted octanol–water partition coefficient (Wildman–Crippen LogP) is 4.25. The molecule has 2 aromatic heterocycles. The molecular formula is C27H34FN5OS. The third-order valence-electron chi connectivity index (χ3n) is 7.52. The minimum atomic E-state index is -0.171. The van der Waals surface area contributed by atoms with Crippen LogP contribution in [0.3, 0.4) is 0 Å². The summed E-state index contributed by atoms with van der Waals surface area (Å²) < 4.78 is 18.9. The molecule has 0 spiro atoms. The second-order valence-corrected chi connectivity index (χ2v) is 11.1. The third-order valence-corrected chi connectivity index (χ3v) is 8.70. The van der Waals surface area contributed by atoms with Crippen molar-refractivity contribution >= 4 is 27.4 Å². The molecule has 0 atom stereocenters. The number of fused-ring (bicyclic) bond motifs is 3. The highest BCUT2D eigenvalue weighted by Gasteiger charge is 2.26. The lowest BCUT2D eigenvalue weighted by Crippen LogP contribution is -2.36. The molecule has 6 nitrogen and oxygen atoms in total. The molecule has 0 unspecified atom stereocenters. The standard InChI is InChI=1S/C27H34FN5OS/c28-21-8-6-20(7-9-21)18-31-10-3-11-33(13-12-31)26-25-22-4-1-2-5-23(22)35-27(25)30-24(29-26)19-32-14-16-34-17-15-32/h6-9H,1-5,10-19H2. The molecule has 0 bridgehead atoms. The lowest BCUT2D eigenvalue weighted by molar-refractivity contribution is 0.0331. The van der Waals surface area contributed by atoms with Crippen LogP contribution in [0.2, 0.25) is 0 Å². The van der Waals surface area contributed by atoms with Gasteiger partial charge in [-0.15, -0.1) is 11.3 Å². The molecule has 186 valence electrons. The Labute approximate surface area is 210 Å². The van der Waals surface area contributed by atoms with E-state index in [1.807, 2.05) is 23.5 Å². The van der Waals surface area contributed by atoms with Crippen LogP contribution in [0.1, 0.15) is 41.1 Å². The average Bonchev–Trinajstić information content (AvgIpc) is 3.09. The Kier molecular flexibility index (Phi) is 6.96. The second-order valence-electron chi connectivity index (χ2n) is 9.99. The molecule has 2 aliphatic heterocycles. The molecule has 2 fully saturated rings. The maximum absolute atomic E-state index is 13.3. The molecule has 1 aromatic carbocycles. The fourth-order valence-corrected chi connectivity index (χ4v) is 6.90. The first kappa shape index (κ1) is 23.3. The highest BCUT2D eigenvalue weighted by Crippen LogP contribution is 2.40. The summed E-state index contributed by atoms with van der Waals surface area (Å²) in [6, 6.07) is 6.93. The van der Waals surface area contributed by atoms with E-state index >= 15 is 0 Å². The number of halogens is 1. The Bertz CT molecular complexity index is 1160. The number of hydrogen-bond donors (Lipinski definition) is 0. The summed E-state index contributed by atoms with van der Waals surface area (Å²) in [7, 11) is 0. The number of nitrogens with zero attached hydrogens (tertiary/aromatic N) is 5. The zero-order valence-corrected chi connectivity index (χ0v) is 21.2. The molecule has 3 aliphatic rings. The lowest BCUT2D eigenvalue weighted by Gasteiger charge is -2.27. The summed E-state index contributed by atoms with van der Waals surface area (Å²) in [6.45, 7) is 9.11. The normalized spacial score (nSPS) is 20.2. The maximum atomic E-state index is 13.3. The fraction of sp³-hybridized carbons (Fsp3) is 0.556. The zero-order chi connectivity index (χ0) is 23.6. The summed E-state index contributed by atoms with van der Waals surface area (Å²) in [5, 5.41) is 1.32. The number of thiophene rings is 1. The molecule has 8 heteroatoms. The van der Waals surface area contributed by atoms with Crippen LogP contribution in [0, 0.1) is 5.82 Å². The molecule has 4 heterocycles. The van der Waals surface area contributed by atoms with Gasteiger partial charge in [-0.25, -0.2) is 14.4 Å². The molecule has 2 saturated heterocycles. The largest absolute Gasteiger partial charge is 0.379 e. The van der Waals surface area contributed by atoms with Crippen molar-refractivity contribution in [3.8, 4) is 0 Å². The van der Waals surface area contributed by atoms with Crippen molar-refractivity contribution in [3.63, 3.8) is 0 Å². The van der Waals surface area contributed by atoms with E-state index in [0.29, 0.717) is 0 Å². The molecule has 0 N–H and O–H groups in total. The lowest BCUT2D eigenvalue weighted by atomic mass is 9.97. The van der Waals surface area contributed by atoms with Crippen molar-refractivity contribution in [2.45, 2.75) is 45.2 Å². The topological polar surface area (TPSA) is 44.7 Å². The molecule has 3 aromatic rings. The zero-order valence-electron chi connectivity index (χ0n) is 20.3. The second kappa shape index (κ2) is 10.5. The van der Waals surface area contributed by atoms with Gasteiger partial charge in [-0.05, 0) is 55.4 Å². The van der Waals surface area contributed by atoms with Crippen LogP contribution in [-0.2, 0) is 30.7 Å². The average molecular weight is 496 g/mol. The van der Waals surface area contributed by atoms with Gasteiger partial charge >= 0.3 is 0 Å². The van der Waals surface area contributed by atoms with Crippen molar-refractivity contribution in [2.24, 2.45) is 0 Å². The number of hydrogen-bond acceptors (Lipinski definition) is 7.